The van der Waals surface area contributed by atoms with Crippen molar-refractivity contribution in [1.82, 2.24) is 14.8 Å². The molecule has 0 amide bonds. The molecule has 19 heavy (non-hydrogen) atoms. The van der Waals surface area contributed by atoms with Gasteiger partial charge in [0, 0.05) is 24.5 Å². The van der Waals surface area contributed by atoms with E-state index in [4.69, 9.17) is 23.2 Å². The van der Waals surface area contributed by atoms with Crippen molar-refractivity contribution in [2.75, 3.05) is 5.43 Å². The van der Waals surface area contributed by atoms with E-state index in [0.717, 1.165) is 17.0 Å². The minimum atomic E-state index is 0.421. The van der Waals surface area contributed by atoms with E-state index in [2.05, 4.69) is 20.6 Å². The molecule has 0 bridgehead atoms. The summed E-state index contributed by atoms with van der Waals surface area (Å²) in [7, 11) is 1.89. The minimum absolute atomic E-state index is 0.421. The summed E-state index contributed by atoms with van der Waals surface area (Å²) in [4.78, 5) is 4.05. The van der Waals surface area contributed by atoms with Crippen LogP contribution in [0.15, 0.2) is 17.4 Å². The molecule has 0 atom stereocenters. The van der Waals surface area contributed by atoms with Crippen molar-refractivity contribution in [3.63, 3.8) is 0 Å². The van der Waals surface area contributed by atoms with Gasteiger partial charge in [-0.2, -0.15) is 10.2 Å². The smallest absolute Gasteiger partial charge is 0.165 e. The third-order valence-electron chi connectivity index (χ3n) is 2.74. The Morgan fingerprint density at radius 1 is 1.37 bits per heavy atom. The van der Waals surface area contributed by atoms with Gasteiger partial charge in [-0.3, -0.25) is 10.1 Å². The van der Waals surface area contributed by atoms with Crippen molar-refractivity contribution in [3.05, 3.63) is 39.3 Å². The van der Waals surface area contributed by atoms with Crippen molar-refractivity contribution in [2.45, 2.75) is 13.8 Å². The van der Waals surface area contributed by atoms with Gasteiger partial charge in [-0.25, -0.2) is 4.98 Å². The summed E-state index contributed by atoms with van der Waals surface area (Å²) >= 11 is 11.7. The minimum Gasteiger partial charge on any atom is -0.272 e. The largest absolute Gasteiger partial charge is 0.272 e. The molecule has 0 aromatic carbocycles. The standard InChI is InChI=1S/C12H13Cl2N5/c1-7-10(8(2)19(3)18-7)6-16-17-12-11(14)4-9(13)5-15-12/h4-6H,1-3H3,(H,15,17)/b16-6+. The molecule has 2 rings (SSSR count). The second-order valence-electron chi connectivity index (χ2n) is 4.06. The normalized spacial score (nSPS) is 11.2. The first kappa shape index (κ1) is 13.8. The number of hydrogen-bond acceptors (Lipinski definition) is 4. The van der Waals surface area contributed by atoms with E-state index in [1.807, 2.05) is 25.6 Å². The molecular weight excluding hydrogens is 285 g/mol. The van der Waals surface area contributed by atoms with E-state index in [-0.39, 0.29) is 0 Å². The zero-order chi connectivity index (χ0) is 14.0. The number of hydrogen-bond donors (Lipinski definition) is 1. The fraction of sp³-hybridized carbons (Fsp3) is 0.250. The predicted molar refractivity (Wildman–Crippen MR) is 78.2 cm³/mol. The molecule has 0 unspecified atom stereocenters. The van der Waals surface area contributed by atoms with E-state index in [1.165, 1.54) is 6.20 Å². The number of aryl methyl sites for hydroxylation is 2. The molecular formula is C12H13Cl2N5. The van der Waals surface area contributed by atoms with Gasteiger partial charge in [-0.15, -0.1) is 0 Å². The number of nitrogens with one attached hydrogen (secondary N) is 1. The first-order valence-corrected chi connectivity index (χ1v) is 6.35. The number of nitrogens with zero attached hydrogens (tertiary/aromatic N) is 4. The molecule has 0 fully saturated rings. The van der Waals surface area contributed by atoms with Gasteiger partial charge < -0.3 is 0 Å². The molecule has 2 aromatic heterocycles. The Hall–Kier alpha value is -1.59. The van der Waals surface area contributed by atoms with Crippen LogP contribution in [0.1, 0.15) is 17.0 Å². The Labute approximate surface area is 121 Å². The summed E-state index contributed by atoms with van der Waals surface area (Å²) in [6.07, 6.45) is 3.20. The Bertz CT molecular complexity index is 633. The Balaban J connectivity index is 2.16. The average molecular weight is 298 g/mol. The van der Waals surface area contributed by atoms with E-state index in [9.17, 15) is 0 Å². The van der Waals surface area contributed by atoms with Gasteiger partial charge >= 0.3 is 0 Å². The molecule has 2 heterocycles. The van der Waals surface area contributed by atoms with Crippen LogP contribution in [0.2, 0.25) is 10.0 Å². The van der Waals surface area contributed by atoms with Gasteiger partial charge in [0.15, 0.2) is 5.82 Å². The topological polar surface area (TPSA) is 55.1 Å². The third kappa shape index (κ3) is 3.05. The second-order valence-corrected chi connectivity index (χ2v) is 4.91. The highest BCUT2D eigenvalue weighted by molar-refractivity contribution is 6.35. The number of hydrazone groups is 1. The number of rotatable bonds is 3. The highest BCUT2D eigenvalue weighted by Crippen LogP contribution is 2.22. The first-order chi connectivity index (χ1) is 8.99. The van der Waals surface area contributed by atoms with Gasteiger partial charge in [0.05, 0.1) is 22.0 Å². The molecule has 0 saturated heterocycles. The van der Waals surface area contributed by atoms with Crippen molar-refractivity contribution in [2.24, 2.45) is 12.1 Å². The Kier molecular flexibility index (Phi) is 4.07. The number of anilines is 1. The van der Waals surface area contributed by atoms with Gasteiger partial charge in [0.2, 0.25) is 0 Å². The van der Waals surface area contributed by atoms with Crippen LogP contribution >= 0.6 is 23.2 Å². The fourth-order valence-corrected chi connectivity index (χ4v) is 2.05. The fourth-order valence-electron chi connectivity index (χ4n) is 1.63. The number of aromatic nitrogens is 3. The van der Waals surface area contributed by atoms with E-state index in [1.54, 1.807) is 12.3 Å². The predicted octanol–water partition coefficient (Wildman–Crippen LogP) is 3.18. The van der Waals surface area contributed by atoms with Gasteiger partial charge in [-0.1, -0.05) is 23.2 Å². The van der Waals surface area contributed by atoms with E-state index in [0.29, 0.717) is 15.9 Å². The molecule has 0 radical (unpaired) electrons. The summed E-state index contributed by atoms with van der Waals surface area (Å²) in [5.74, 6) is 0.460. The maximum Gasteiger partial charge on any atom is 0.165 e. The number of pyridine rings is 1. The van der Waals surface area contributed by atoms with Gasteiger partial charge in [-0.05, 0) is 19.9 Å². The Morgan fingerprint density at radius 3 is 2.68 bits per heavy atom. The first-order valence-electron chi connectivity index (χ1n) is 5.59. The maximum atomic E-state index is 5.98. The maximum absolute atomic E-state index is 5.98. The number of halogens is 2. The zero-order valence-corrected chi connectivity index (χ0v) is 12.3. The van der Waals surface area contributed by atoms with Crippen LogP contribution in [0.5, 0.6) is 0 Å². The van der Waals surface area contributed by atoms with Crippen molar-refractivity contribution >= 4 is 35.2 Å². The lowest BCUT2D eigenvalue weighted by Crippen LogP contribution is -1.96. The molecule has 0 aliphatic carbocycles. The lowest BCUT2D eigenvalue weighted by molar-refractivity contribution is 0.731. The molecule has 0 aliphatic heterocycles. The summed E-state index contributed by atoms with van der Waals surface area (Å²) in [6, 6.07) is 1.61. The monoisotopic (exact) mass is 297 g/mol. The lowest BCUT2D eigenvalue weighted by atomic mass is 10.2. The highest BCUT2D eigenvalue weighted by Gasteiger charge is 2.06. The van der Waals surface area contributed by atoms with Crippen molar-refractivity contribution < 1.29 is 0 Å². The molecule has 0 spiro atoms. The molecule has 100 valence electrons. The van der Waals surface area contributed by atoms with Crippen LogP contribution in [0, 0.1) is 13.8 Å². The van der Waals surface area contributed by atoms with Crippen molar-refractivity contribution in [1.29, 1.82) is 0 Å². The summed E-state index contributed by atoms with van der Waals surface area (Å²) < 4.78 is 1.81. The SMILES string of the molecule is Cc1nn(C)c(C)c1/C=N/Nc1ncc(Cl)cc1Cl. The van der Waals surface area contributed by atoms with Crippen molar-refractivity contribution in [3.8, 4) is 0 Å². The van der Waals surface area contributed by atoms with Gasteiger partial charge in [0.25, 0.3) is 0 Å². The van der Waals surface area contributed by atoms with Gasteiger partial charge in [0.1, 0.15) is 0 Å². The van der Waals surface area contributed by atoms with Crippen LogP contribution in [-0.2, 0) is 7.05 Å². The van der Waals surface area contributed by atoms with Crippen LogP contribution in [0.4, 0.5) is 5.82 Å². The molecule has 0 saturated carbocycles. The molecule has 2 aromatic rings. The summed E-state index contributed by atoms with van der Waals surface area (Å²) in [5.41, 5.74) is 5.71. The van der Waals surface area contributed by atoms with Crippen LogP contribution in [0.25, 0.3) is 0 Å². The summed E-state index contributed by atoms with van der Waals surface area (Å²) in [6.45, 7) is 3.91. The third-order valence-corrected chi connectivity index (χ3v) is 3.23. The zero-order valence-electron chi connectivity index (χ0n) is 10.8. The molecule has 0 aliphatic rings. The molecule has 7 heteroatoms. The Morgan fingerprint density at radius 2 is 2.11 bits per heavy atom. The van der Waals surface area contributed by atoms with Crippen LogP contribution in [-0.4, -0.2) is 21.0 Å². The summed E-state index contributed by atoms with van der Waals surface area (Å²) in [5, 5.41) is 9.33. The van der Waals surface area contributed by atoms with Crippen LogP contribution in [0.3, 0.4) is 0 Å². The molecule has 1 N–H and O–H groups in total. The molecule has 5 nitrogen and oxygen atoms in total. The second kappa shape index (κ2) is 5.59. The van der Waals surface area contributed by atoms with E-state index < -0.39 is 0 Å². The lowest BCUT2D eigenvalue weighted by Gasteiger charge is -2.02. The van der Waals surface area contributed by atoms with E-state index >= 15 is 0 Å². The average Bonchev–Trinajstić information content (AvgIpc) is 2.58. The van der Waals surface area contributed by atoms with Crippen LogP contribution < -0.4 is 5.43 Å². The quantitative estimate of drug-likeness (QED) is 0.699. The highest BCUT2D eigenvalue weighted by atomic mass is 35.5.